The number of anilines is 5. The van der Waals surface area contributed by atoms with Crippen LogP contribution < -0.4 is 10.2 Å². The predicted molar refractivity (Wildman–Crippen MR) is 537 cm³/mol. The molecule has 0 spiro atoms. The zero-order valence-electron chi connectivity index (χ0n) is 70.2. The topological polar surface area (TPSA) is 76.7 Å². The second kappa shape index (κ2) is 34.7. The van der Waals surface area contributed by atoms with Crippen molar-refractivity contribution in [3.8, 4) is 168 Å². The van der Waals surface area contributed by atoms with E-state index in [0.717, 1.165) is 129 Å². The Kier molecular flexibility index (Phi) is 21.0. The van der Waals surface area contributed by atoms with E-state index in [1.807, 2.05) is 109 Å². The third-order valence-electron chi connectivity index (χ3n) is 24.3. The van der Waals surface area contributed by atoms with Gasteiger partial charge in [-0.15, -0.1) is 0 Å². The number of fused-ring (bicyclic) bond motifs is 14. The van der Waals surface area contributed by atoms with Crippen LogP contribution in [0.3, 0.4) is 0 Å². The van der Waals surface area contributed by atoms with E-state index in [-0.39, 0.29) is 0 Å². The number of para-hydroxylation sites is 8. The Morgan fingerprint density at radius 2 is 0.488 bits per heavy atom. The molecule has 1 N–H and O–H groups in total. The van der Waals surface area contributed by atoms with Crippen molar-refractivity contribution < 1.29 is 0 Å². The highest BCUT2D eigenvalue weighted by atomic mass is 35.5. The first kappa shape index (κ1) is 78.1. The number of nitrogens with one attached hydrogen (secondary N) is 1. The van der Waals surface area contributed by atoms with E-state index in [9.17, 15) is 0 Å². The van der Waals surface area contributed by atoms with Crippen LogP contribution >= 0.6 is 11.6 Å². The van der Waals surface area contributed by atoms with Gasteiger partial charge >= 0.3 is 0 Å². The zero-order chi connectivity index (χ0) is 85.9. The van der Waals surface area contributed by atoms with E-state index < -0.39 is 0 Å². The molecule has 2 aliphatic heterocycles. The lowest BCUT2D eigenvalue weighted by atomic mass is 9.96. The van der Waals surface area contributed by atoms with Crippen molar-refractivity contribution in [3.63, 3.8) is 0 Å². The van der Waals surface area contributed by atoms with E-state index >= 15 is 0 Å². The summed E-state index contributed by atoms with van der Waals surface area (Å²) in [5.74, 6) is 1.43. The van der Waals surface area contributed by atoms with Crippen LogP contribution in [0.1, 0.15) is 0 Å². The maximum Gasteiger partial charge on any atom is 0.160 e. The maximum atomic E-state index is 6.02. The highest BCUT2D eigenvalue weighted by molar-refractivity contribution is 6.30. The summed E-state index contributed by atoms with van der Waals surface area (Å²) in [6.45, 7) is 0. The standard InChI is InChI=1S/C60H40N4.C32H22N2.C28H19ClN2/c1-5-18-43(19-6-1)49-28-17-29-52-57-50-26-13-15-30-55(50)63(56-31-16-14-27-51(56)59(57)64(58(49)52)47-24-11-4-12-25-47)48-38-36-42(37-39-48)41-32-34-45(35-33-41)54-40-53(44-20-7-2-8-21-44)61-60(62-54)46-22-9-3-10-23-46;1-3-12-22(13-4-1)24-18-11-19-27-30-25-16-7-9-20-28(25)33-29-21-10-8-17-26(29)32(30)34(31(24)27)23-14-5-2-6-15-23;29-25-17-15-21(16-18-25)20-11-13-23(14-12-20)27-19-26(22-7-3-1-4-8-22)30-28(31-27)24-9-5-2-6-10-24/h1-40H;1-21,33H;1-19H. The lowest BCUT2D eigenvalue weighted by Gasteiger charge is -2.28. The fraction of sp³-hybridized carbons (Fsp3) is 0. The molecule has 18 aromatic carbocycles. The second-order valence-corrected chi connectivity index (χ2v) is 32.5. The maximum absolute atomic E-state index is 6.02. The van der Waals surface area contributed by atoms with Crippen molar-refractivity contribution in [2.45, 2.75) is 0 Å². The lowest BCUT2D eigenvalue weighted by molar-refractivity contribution is 1.13. The van der Waals surface area contributed by atoms with Gasteiger partial charge in [0.2, 0.25) is 0 Å². The molecule has 0 saturated carbocycles. The number of aromatic nitrogens is 6. The third-order valence-corrected chi connectivity index (χ3v) is 24.5. The molecule has 0 unspecified atom stereocenters. The summed E-state index contributed by atoms with van der Waals surface area (Å²) >= 11 is 6.02. The van der Waals surface area contributed by atoms with Gasteiger partial charge in [-0.1, -0.05) is 412 Å². The first-order valence-corrected chi connectivity index (χ1v) is 43.9. The van der Waals surface area contributed by atoms with Gasteiger partial charge in [-0.2, -0.15) is 0 Å². The van der Waals surface area contributed by atoms with E-state index in [2.05, 4.69) is 395 Å². The van der Waals surface area contributed by atoms with Crippen molar-refractivity contribution in [3.05, 3.63) is 490 Å². The third kappa shape index (κ3) is 15.2. The number of nitrogens with zero attached hydrogens (tertiary/aromatic N) is 7. The Bertz CT molecular complexity index is 7690. The average molecular weight is 1670 g/mol. The average Bonchev–Trinajstić information content (AvgIpc) is 1.55. The number of rotatable bonds is 13. The summed E-state index contributed by atoms with van der Waals surface area (Å²) in [6.07, 6.45) is 0. The van der Waals surface area contributed by atoms with Crippen molar-refractivity contribution in [1.82, 2.24) is 29.1 Å². The van der Waals surface area contributed by atoms with Gasteiger partial charge in [-0.05, 0) is 118 Å². The van der Waals surface area contributed by atoms with Crippen LogP contribution in [0.4, 0.5) is 28.4 Å². The molecule has 9 heteroatoms. The SMILES string of the molecule is Clc1ccc(-c2ccc(-c3cc(-c4ccccc4)nc(-c4ccccc4)n3)cc2)cc1.c1ccc(-c2cc(-c3ccc(-c4ccc(N5c6ccccc6-c6c(n(-c7ccccc7)c7c(-c8ccccc8)cccc67)-c6ccccc65)cc4)cc3)nc(-c3ccccc3)n2)cc1.c1ccc(-c2cccc3c4c(n(-c5ccccc5)c23)-c2ccccc2Nc2ccccc2-4)cc1. The molecule has 0 atom stereocenters. The Morgan fingerprint density at radius 1 is 0.202 bits per heavy atom. The van der Waals surface area contributed by atoms with E-state index in [1.165, 1.54) is 88.8 Å². The van der Waals surface area contributed by atoms with Crippen LogP contribution in [0, 0.1) is 0 Å². The quantitative estimate of drug-likeness (QED) is 0.124. The van der Waals surface area contributed by atoms with Gasteiger partial charge in [-0.3, -0.25) is 0 Å². The van der Waals surface area contributed by atoms with Crippen molar-refractivity contribution in [1.29, 1.82) is 0 Å². The summed E-state index contributed by atoms with van der Waals surface area (Å²) < 4.78 is 4.95. The number of benzene rings is 18. The lowest BCUT2D eigenvalue weighted by Crippen LogP contribution is -2.11. The molecule has 608 valence electrons. The predicted octanol–water partition coefficient (Wildman–Crippen LogP) is 32.4. The summed E-state index contributed by atoms with van der Waals surface area (Å²) in [4.78, 5) is 22.2. The van der Waals surface area contributed by atoms with Crippen LogP contribution in [-0.2, 0) is 0 Å². The van der Waals surface area contributed by atoms with Gasteiger partial charge in [0.05, 0.1) is 56.6 Å². The Balaban J connectivity index is 0.000000126. The highest BCUT2D eigenvalue weighted by Gasteiger charge is 2.34. The van der Waals surface area contributed by atoms with Gasteiger partial charge in [0.15, 0.2) is 11.6 Å². The molecule has 2 aliphatic rings. The molecular weight excluding hydrogens is 1590 g/mol. The molecule has 4 aromatic heterocycles. The number of hydrogen-bond donors (Lipinski definition) is 1. The van der Waals surface area contributed by atoms with Gasteiger partial charge in [0, 0.05) is 122 Å². The number of hydrogen-bond acceptors (Lipinski definition) is 6. The first-order chi connectivity index (χ1) is 63.9. The van der Waals surface area contributed by atoms with Gasteiger partial charge in [0.1, 0.15) is 0 Å². The Hall–Kier alpha value is -16.9. The fourth-order valence-electron chi connectivity index (χ4n) is 18.3. The second-order valence-electron chi connectivity index (χ2n) is 32.1. The Labute approximate surface area is 754 Å². The highest BCUT2D eigenvalue weighted by Crippen LogP contribution is 2.57. The van der Waals surface area contributed by atoms with Gasteiger partial charge in [0.25, 0.3) is 0 Å². The van der Waals surface area contributed by atoms with Crippen LogP contribution in [0.5, 0.6) is 0 Å². The summed E-state index contributed by atoms with van der Waals surface area (Å²) in [7, 11) is 0. The molecule has 0 amide bonds. The summed E-state index contributed by atoms with van der Waals surface area (Å²) in [6, 6.07) is 171. The van der Waals surface area contributed by atoms with Crippen molar-refractivity contribution in [2.75, 3.05) is 10.2 Å². The smallest absolute Gasteiger partial charge is 0.160 e. The van der Waals surface area contributed by atoms with E-state index in [4.69, 9.17) is 31.5 Å². The van der Waals surface area contributed by atoms with Crippen LogP contribution in [0.25, 0.3) is 190 Å². The van der Waals surface area contributed by atoms with Gasteiger partial charge < -0.3 is 19.4 Å². The summed E-state index contributed by atoms with van der Waals surface area (Å²) in [5.41, 5.74) is 39.2. The van der Waals surface area contributed by atoms with Crippen LogP contribution in [-0.4, -0.2) is 29.1 Å². The van der Waals surface area contributed by atoms with E-state index in [0.29, 0.717) is 5.82 Å². The minimum Gasteiger partial charge on any atom is -0.354 e. The minimum absolute atomic E-state index is 0.711. The van der Waals surface area contributed by atoms with Crippen molar-refractivity contribution in [2.24, 2.45) is 0 Å². The molecule has 0 aliphatic carbocycles. The van der Waals surface area contributed by atoms with Crippen LogP contribution in [0.2, 0.25) is 5.02 Å². The summed E-state index contributed by atoms with van der Waals surface area (Å²) in [5, 5.41) is 6.93. The molecule has 0 fully saturated rings. The van der Waals surface area contributed by atoms with E-state index in [1.54, 1.807) is 0 Å². The molecule has 24 rings (SSSR count). The molecule has 0 saturated heterocycles. The first-order valence-electron chi connectivity index (χ1n) is 43.5. The Morgan fingerprint density at radius 3 is 0.915 bits per heavy atom. The fourth-order valence-corrected chi connectivity index (χ4v) is 18.4. The monoisotopic (exact) mass is 1670 g/mol. The molecule has 8 nitrogen and oxygen atoms in total. The molecular formula is C120H81ClN8. The normalized spacial score (nSPS) is 11.5. The molecule has 22 aromatic rings. The molecule has 6 heterocycles. The largest absolute Gasteiger partial charge is 0.354 e. The van der Waals surface area contributed by atoms with Crippen molar-refractivity contribution >= 4 is 61.8 Å². The molecule has 0 radical (unpaired) electrons. The molecule has 129 heavy (non-hydrogen) atoms. The zero-order valence-corrected chi connectivity index (χ0v) is 71.0. The van der Waals surface area contributed by atoms with Crippen LogP contribution in [0.15, 0.2) is 485 Å². The van der Waals surface area contributed by atoms with Gasteiger partial charge in [-0.25, -0.2) is 19.9 Å². The molecule has 0 bridgehead atoms. The minimum atomic E-state index is 0.711. The number of halogens is 1.